The average Bonchev–Trinajstić information content (AvgIpc) is 2.59. The van der Waals surface area contributed by atoms with Crippen molar-refractivity contribution in [2.45, 2.75) is 25.6 Å². The van der Waals surface area contributed by atoms with Crippen LogP contribution in [0.5, 0.6) is 5.75 Å². The van der Waals surface area contributed by atoms with Gasteiger partial charge in [0.25, 0.3) is 0 Å². The smallest absolute Gasteiger partial charge is 0.187 e. The van der Waals surface area contributed by atoms with Gasteiger partial charge in [0, 0.05) is 5.16 Å². The molecule has 2 rings (SSSR count). The Morgan fingerprint density at radius 2 is 2.12 bits per heavy atom. The van der Waals surface area contributed by atoms with Gasteiger partial charge < -0.3 is 23.2 Å². The summed E-state index contributed by atoms with van der Waals surface area (Å²) in [6, 6.07) is 5.98. The Morgan fingerprint density at radius 3 is 2.71 bits per heavy atom. The number of rotatable bonds is 3. The second-order valence-electron chi connectivity index (χ2n) is 3.83. The van der Waals surface area contributed by atoms with Gasteiger partial charge in [0.1, 0.15) is 12.4 Å². The number of nitrogens with zero attached hydrogens (tertiary/aromatic N) is 3. The Labute approximate surface area is 105 Å². The molecule has 1 heterocycles. The van der Waals surface area contributed by atoms with E-state index in [1.165, 1.54) is 10.2 Å². The molecule has 0 saturated carbocycles. The highest BCUT2D eigenvalue weighted by molar-refractivity contribution is 7.58. The molecular weight excluding hydrogens is 236 g/mol. The lowest BCUT2D eigenvalue weighted by Gasteiger charge is -2.10. The number of ether oxygens (including phenoxy) is 1. The summed E-state index contributed by atoms with van der Waals surface area (Å²) >= 11 is 4.86. The number of nitrogens with two attached hydrogens (primary N) is 1. The Kier molecular flexibility index (Phi) is 3.14. The van der Waals surface area contributed by atoms with Gasteiger partial charge >= 0.3 is 0 Å². The van der Waals surface area contributed by atoms with Crippen LogP contribution in [-0.2, 0) is 19.2 Å². The second-order valence-corrected chi connectivity index (χ2v) is 4.19. The van der Waals surface area contributed by atoms with Crippen molar-refractivity contribution in [1.29, 1.82) is 0 Å². The first-order valence-electron chi connectivity index (χ1n) is 5.14. The summed E-state index contributed by atoms with van der Waals surface area (Å²) in [5, 5.41) is 7.78. The van der Waals surface area contributed by atoms with Gasteiger partial charge in [-0.2, -0.15) is 5.10 Å². The van der Waals surface area contributed by atoms with Crippen molar-refractivity contribution in [2.75, 3.05) is 5.84 Å². The lowest BCUT2D eigenvalue weighted by molar-refractivity contribution is 0.289. The number of aryl methyl sites for hydroxylation is 2. The van der Waals surface area contributed by atoms with Crippen LogP contribution in [0.25, 0.3) is 0 Å². The molecule has 0 fully saturated rings. The first kappa shape index (κ1) is 11.7. The van der Waals surface area contributed by atoms with E-state index >= 15 is 0 Å². The molecule has 17 heavy (non-hydrogen) atoms. The van der Waals surface area contributed by atoms with Crippen LogP contribution in [0.3, 0.4) is 0 Å². The van der Waals surface area contributed by atoms with E-state index < -0.39 is 0 Å². The maximum atomic E-state index is 5.64. The Morgan fingerprint density at radius 1 is 1.35 bits per heavy atom. The summed E-state index contributed by atoms with van der Waals surface area (Å²) in [7, 11) is 0. The van der Waals surface area contributed by atoms with Gasteiger partial charge in [-0.3, -0.25) is 4.68 Å². The Balaban J connectivity index is 2.10. The topological polar surface area (TPSA) is 66.0 Å². The van der Waals surface area contributed by atoms with Crippen LogP contribution in [0.1, 0.15) is 17.0 Å². The van der Waals surface area contributed by atoms with Crippen molar-refractivity contribution in [3.8, 4) is 5.75 Å². The zero-order chi connectivity index (χ0) is 12.4. The highest BCUT2D eigenvalue weighted by atomic mass is 32.1. The van der Waals surface area contributed by atoms with Gasteiger partial charge in [0.15, 0.2) is 5.82 Å². The quantitative estimate of drug-likeness (QED) is 0.651. The van der Waals surface area contributed by atoms with E-state index in [4.69, 9.17) is 23.2 Å². The Hall–Kier alpha value is -1.82. The SMILES string of the molecule is Cc1ccc(OCc2nnc([S-])n2N)c(C)c1. The molecule has 0 unspecified atom stereocenters. The molecule has 0 spiro atoms. The number of aromatic nitrogens is 3. The zero-order valence-corrected chi connectivity index (χ0v) is 10.5. The molecule has 0 radical (unpaired) electrons. The normalized spacial score (nSPS) is 10.5. The molecule has 0 amide bonds. The number of benzene rings is 1. The van der Waals surface area contributed by atoms with E-state index in [0.717, 1.165) is 11.3 Å². The molecule has 2 aromatic rings. The van der Waals surface area contributed by atoms with Crippen LogP contribution in [0.2, 0.25) is 0 Å². The summed E-state index contributed by atoms with van der Waals surface area (Å²) in [6.45, 7) is 4.29. The predicted molar refractivity (Wildman–Crippen MR) is 66.1 cm³/mol. The fraction of sp³-hybridized carbons (Fsp3) is 0.273. The van der Waals surface area contributed by atoms with Crippen molar-refractivity contribution in [2.24, 2.45) is 0 Å². The molecule has 1 aromatic carbocycles. The third-order valence-corrected chi connectivity index (χ3v) is 2.70. The average molecular weight is 249 g/mol. The molecule has 0 bridgehead atoms. The highest BCUT2D eigenvalue weighted by Gasteiger charge is 2.05. The van der Waals surface area contributed by atoms with Crippen LogP contribution in [0.15, 0.2) is 23.4 Å². The van der Waals surface area contributed by atoms with Gasteiger partial charge in [-0.25, -0.2) is 0 Å². The highest BCUT2D eigenvalue weighted by Crippen LogP contribution is 2.19. The van der Waals surface area contributed by atoms with Crippen LogP contribution >= 0.6 is 0 Å². The summed E-state index contributed by atoms with van der Waals surface area (Å²) in [4.78, 5) is 0. The fourth-order valence-electron chi connectivity index (χ4n) is 1.51. The maximum absolute atomic E-state index is 5.64. The monoisotopic (exact) mass is 249 g/mol. The van der Waals surface area contributed by atoms with E-state index in [-0.39, 0.29) is 11.8 Å². The minimum atomic E-state index is 0.254. The van der Waals surface area contributed by atoms with Crippen molar-refractivity contribution in [3.63, 3.8) is 0 Å². The van der Waals surface area contributed by atoms with Crippen LogP contribution in [0, 0.1) is 13.8 Å². The first-order valence-corrected chi connectivity index (χ1v) is 5.55. The molecule has 0 aliphatic carbocycles. The number of nitrogen functional groups attached to an aromatic ring is 1. The lowest BCUT2D eigenvalue weighted by atomic mass is 10.1. The van der Waals surface area contributed by atoms with Crippen LogP contribution in [0.4, 0.5) is 0 Å². The summed E-state index contributed by atoms with van der Waals surface area (Å²) < 4.78 is 6.87. The van der Waals surface area contributed by atoms with E-state index in [9.17, 15) is 0 Å². The maximum Gasteiger partial charge on any atom is 0.187 e. The molecule has 0 saturated heterocycles. The van der Waals surface area contributed by atoms with Gasteiger partial charge in [-0.1, -0.05) is 17.7 Å². The molecule has 0 atom stereocenters. The molecule has 6 heteroatoms. The largest absolute Gasteiger partial charge is 0.738 e. The van der Waals surface area contributed by atoms with Crippen molar-refractivity contribution in [1.82, 2.24) is 14.9 Å². The molecule has 2 N–H and O–H groups in total. The summed E-state index contributed by atoms with van der Waals surface area (Å²) in [6.07, 6.45) is 0. The number of hydrogen-bond donors (Lipinski definition) is 1. The van der Waals surface area contributed by atoms with Crippen LogP contribution in [-0.4, -0.2) is 14.9 Å². The van der Waals surface area contributed by atoms with Crippen molar-refractivity contribution in [3.05, 3.63) is 35.2 Å². The Bertz CT molecular complexity index is 538. The number of hydrogen-bond acceptors (Lipinski definition) is 5. The molecule has 0 aliphatic rings. The van der Waals surface area contributed by atoms with E-state index in [2.05, 4.69) is 16.3 Å². The second kappa shape index (κ2) is 4.58. The van der Waals surface area contributed by atoms with E-state index in [1.54, 1.807) is 0 Å². The molecule has 5 nitrogen and oxygen atoms in total. The minimum Gasteiger partial charge on any atom is -0.738 e. The van der Waals surface area contributed by atoms with E-state index in [0.29, 0.717) is 5.82 Å². The summed E-state index contributed by atoms with van der Waals surface area (Å²) in [5.74, 6) is 6.96. The van der Waals surface area contributed by atoms with Crippen LogP contribution < -0.4 is 10.6 Å². The van der Waals surface area contributed by atoms with Gasteiger partial charge in [0.2, 0.25) is 0 Å². The third kappa shape index (κ3) is 2.47. The fourth-order valence-corrected chi connectivity index (χ4v) is 1.66. The molecule has 90 valence electrons. The first-order chi connectivity index (χ1) is 8.08. The third-order valence-electron chi connectivity index (χ3n) is 2.42. The van der Waals surface area contributed by atoms with Gasteiger partial charge in [-0.15, -0.1) is 5.10 Å². The predicted octanol–water partition coefficient (Wildman–Crippen LogP) is 1.09. The van der Waals surface area contributed by atoms with Crippen molar-refractivity contribution < 1.29 is 4.74 Å². The standard InChI is InChI=1S/C11H14N4OS/c1-7-3-4-9(8(2)5-7)16-6-10-13-14-11(17)15(10)12/h3-5H,6,12H2,1-2H3,(H,14,17)/p-1. The molecular formula is C11H13N4OS-. The molecule has 1 aromatic heterocycles. The lowest BCUT2D eigenvalue weighted by Crippen LogP contribution is -2.16. The van der Waals surface area contributed by atoms with Crippen molar-refractivity contribution >= 4 is 12.6 Å². The van der Waals surface area contributed by atoms with E-state index in [1.807, 2.05) is 26.0 Å². The minimum absolute atomic E-state index is 0.254. The van der Waals surface area contributed by atoms with Gasteiger partial charge in [-0.05, 0) is 25.5 Å². The summed E-state index contributed by atoms with van der Waals surface area (Å²) in [5.41, 5.74) is 2.27. The van der Waals surface area contributed by atoms with Gasteiger partial charge in [0.05, 0.1) is 0 Å². The zero-order valence-electron chi connectivity index (χ0n) is 9.67. The molecule has 0 aliphatic heterocycles.